The lowest BCUT2D eigenvalue weighted by Crippen LogP contribution is -2.32. The van der Waals surface area contributed by atoms with Gasteiger partial charge in [-0.2, -0.15) is 11.8 Å². The van der Waals surface area contributed by atoms with Crippen LogP contribution in [-0.4, -0.2) is 35.0 Å². The quantitative estimate of drug-likeness (QED) is 0.873. The molecule has 1 aromatic carbocycles. The third-order valence-electron chi connectivity index (χ3n) is 3.53. The van der Waals surface area contributed by atoms with Gasteiger partial charge in [-0.3, -0.25) is 4.79 Å². The molecule has 0 aromatic heterocycles. The van der Waals surface area contributed by atoms with Crippen LogP contribution in [0.5, 0.6) is 0 Å². The van der Waals surface area contributed by atoms with Crippen LogP contribution in [0.15, 0.2) is 24.3 Å². The minimum atomic E-state index is -0.988. The van der Waals surface area contributed by atoms with Gasteiger partial charge >= 0.3 is 5.97 Å². The van der Waals surface area contributed by atoms with E-state index >= 15 is 0 Å². The molecule has 2 rings (SSSR count). The van der Waals surface area contributed by atoms with Crippen molar-refractivity contribution in [3.8, 4) is 0 Å². The Balaban J connectivity index is 1.86. The zero-order chi connectivity index (χ0) is 14.4. The monoisotopic (exact) mass is 293 g/mol. The van der Waals surface area contributed by atoms with Crippen LogP contribution >= 0.6 is 11.8 Å². The van der Waals surface area contributed by atoms with E-state index in [0.29, 0.717) is 18.0 Å². The van der Waals surface area contributed by atoms with Gasteiger partial charge in [-0.1, -0.05) is 18.2 Å². The molecule has 0 spiro atoms. The molecule has 20 heavy (non-hydrogen) atoms. The zero-order valence-electron chi connectivity index (χ0n) is 11.3. The van der Waals surface area contributed by atoms with Gasteiger partial charge in [-0.25, -0.2) is 4.79 Å². The molecule has 5 heteroatoms. The van der Waals surface area contributed by atoms with Crippen LogP contribution in [0.2, 0.25) is 0 Å². The summed E-state index contributed by atoms with van der Waals surface area (Å²) in [7, 11) is 0. The van der Waals surface area contributed by atoms with Gasteiger partial charge in [-0.15, -0.1) is 0 Å². The van der Waals surface area contributed by atoms with Gasteiger partial charge in [0.15, 0.2) is 0 Å². The second-order valence-electron chi connectivity index (χ2n) is 5.00. The average Bonchev–Trinajstić information content (AvgIpc) is 2.46. The van der Waals surface area contributed by atoms with Crippen LogP contribution < -0.4 is 5.32 Å². The van der Waals surface area contributed by atoms with Gasteiger partial charge in [0.1, 0.15) is 0 Å². The van der Waals surface area contributed by atoms with Crippen LogP contribution in [0.1, 0.15) is 28.8 Å². The lowest BCUT2D eigenvalue weighted by atomic mass is 10.0. The Morgan fingerprint density at radius 2 is 1.95 bits per heavy atom. The summed E-state index contributed by atoms with van der Waals surface area (Å²) >= 11 is 1.96. The van der Waals surface area contributed by atoms with Gasteiger partial charge < -0.3 is 10.4 Å². The van der Waals surface area contributed by atoms with E-state index in [4.69, 9.17) is 5.11 Å². The molecule has 0 atom stereocenters. The number of benzene rings is 1. The standard InChI is InChI=1S/C15H19NO3S/c17-14(16-10-11-5-7-20-8-6-11)9-12-3-1-2-4-13(12)15(18)19/h1-4,11H,5-10H2,(H,16,17)(H,18,19). The molecule has 1 heterocycles. The molecule has 1 aromatic rings. The summed E-state index contributed by atoms with van der Waals surface area (Å²) in [6.07, 6.45) is 2.43. The second kappa shape index (κ2) is 7.33. The first-order valence-electron chi connectivity index (χ1n) is 6.82. The van der Waals surface area contributed by atoms with Crippen LogP contribution in [0.4, 0.5) is 0 Å². The SMILES string of the molecule is O=C(Cc1ccccc1C(=O)O)NCC1CCSCC1. The summed E-state index contributed by atoms with van der Waals surface area (Å²) in [4.78, 5) is 23.0. The van der Waals surface area contributed by atoms with Crippen molar-refractivity contribution in [3.05, 3.63) is 35.4 Å². The van der Waals surface area contributed by atoms with E-state index in [1.165, 1.54) is 17.6 Å². The van der Waals surface area contributed by atoms with Gasteiger partial charge in [0.05, 0.1) is 12.0 Å². The molecule has 4 nitrogen and oxygen atoms in total. The molecule has 0 aliphatic carbocycles. The maximum atomic E-state index is 11.9. The highest BCUT2D eigenvalue weighted by Crippen LogP contribution is 2.21. The highest BCUT2D eigenvalue weighted by atomic mass is 32.2. The molecule has 1 aliphatic rings. The molecular weight excluding hydrogens is 274 g/mol. The highest BCUT2D eigenvalue weighted by Gasteiger charge is 2.16. The Hall–Kier alpha value is -1.49. The predicted octanol–water partition coefficient (Wildman–Crippen LogP) is 2.19. The van der Waals surface area contributed by atoms with Crippen molar-refractivity contribution in [1.29, 1.82) is 0 Å². The van der Waals surface area contributed by atoms with Gasteiger partial charge in [0, 0.05) is 6.54 Å². The second-order valence-corrected chi connectivity index (χ2v) is 6.22. The van der Waals surface area contributed by atoms with Gasteiger partial charge in [0.25, 0.3) is 0 Å². The number of carbonyl (C=O) groups is 2. The summed E-state index contributed by atoms with van der Waals surface area (Å²) in [5.74, 6) is 1.81. The first-order chi connectivity index (χ1) is 9.66. The number of rotatable bonds is 5. The first kappa shape index (κ1) is 14.9. The van der Waals surface area contributed by atoms with E-state index in [-0.39, 0.29) is 17.9 Å². The number of hydrogen-bond acceptors (Lipinski definition) is 3. The molecule has 0 bridgehead atoms. The fraction of sp³-hybridized carbons (Fsp3) is 0.467. The third-order valence-corrected chi connectivity index (χ3v) is 4.58. The van der Waals surface area contributed by atoms with Crippen LogP contribution in [0.25, 0.3) is 0 Å². The fourth-order valence-electron chi connectivity index (χ4n) is 2.33. The smallest absolute Gasteiger partial charge is 0.335 e. The number of nitrogens with one attached hydrogen (secondary N) is 1. The summed E-state index contributed by atoms with van der Waals surface area (Å²) in [5, 5.41) is 12.0. The number of carbonyl (C=O) groups excluding carboxylic acids is 1. The Morgan fingerprint density at radius 1 is 1.25 bits per heavy atom. The van der Waals surface area contributed by atoms with Crippen LogP contribution in [0.3, 0.4) is 0 Å². The molecule has 1 aliphatic heterocycles. The lowest BCUT2D eigenvalue weighted by Gasteiger charge is -2.21. The van der Waals surface area contributed by atoms with E-state index in [2.05, 4.69) is 5.32 Å². The molecule has 1 saturated heterocycles. The van der Waals surface area contributed by atoms with Crippen molar-refractivity contribution in [2.75, 3.05) is 18.1 Å². The van der Waals surface area contributed by atoms with E-state index in [1.807, 2.05) is 11.8 Å². The minimum absolute atomic E-state index is 0.100. The predicted molar refractivity (Wildman–Crippen MR) is 80.2 cm³/mol. The Bertz CT molecular complexity index is 484. The van der Waals surface area contributed by atoms with Crippen molar-refractivity contribution in [2.45, 2.75) is 19.3 Å². The molecule has 0 unspecified atom stereocenters. The average molecular weight is 293 g/mol. The Labute approximate surface area is 123 Å². The lowest BCUT2D eigenvalue weighted by molar-refractivity contribution is -0.120. The summed E-state index contributed by atoms with van der Waals surface area (Å²) in [5.41, 5.74) is 0.772. The minimum Gasteiger partial charge on any atom is -0.478 e. The van der Waals surface area contributed by atoms with Crippen molar-refractivity contribution in [1.82, 2.24) is 5.32 Å². The van der Waals surface area contributed by atoms with Gasteiger partial charge in [0.2, 0.25) is 5.91 Å². The van der Waals surface area contributed by atoms with E-state index in [9.17, 15) is 9.59 Å². The number of amides is 1. The summed E-state index contributed by atoms with van der Waals surface area (Å²) < 4.78 is 0. The van der Waals surface area contributed by atoms with Crippen molar-refractivity contribution < 1.29 is 14.7 Å². The normalized spacial score (nSPS) is 15.8. The number of aromatic carboxylic acids is 1. The van der Waals surface area contributed by atoms with Crippen molar-refractivity contribution in [3.63, 3.8) is 0 Å². The highest BCUT2D eigenvalue weighted by molar-refractivity contribution is 7.99. The molecule has 1 amide bonds. The summed E-state index contributed by atoms with van der Waals surface area (Å²) in [6.45, 7) is 0.703. The number of carboxylic acids is 1. The van der Waals surface area contributed by atoms with E-state index in [0.717, 1.165) is 12.8 Å². The topological polar surface area (TPSA) is 66.4 Å². The summed E-state index contributed by atoms with van der Waals surface area (Å²) in [6, 6.07) is 6.65. The molecule has 108 valence electrons. The molecule has 0 radical (unpaired) electrons. The maximum Gasteiger partial charge on any atom is 0.335 e. The molecule has 1 fully saturated rings. The Kier molecular flexibility index (Phi) is 5.47. The third kappa shape index (κ3) is 4.27. The van der Waals surface area contributed by atoms with Crippen molar-refractivity contribution in [2.24, 2.45) is 5.92 Å². The van der Waals surface area contributed by atoms with Gasteiger partial charge in [-0.05, 0) is 41.9 Å². The van der Waals surface area contributed by atoms with Crippen LogP contribution in [0, 0.1) is 5.92 Å². The largest absolute Gasteiger partial charge is 0.478 e. The van der Waals surface area contributed by atoms with E-state index in [1.54, 1.807) is 18.2 Å². The van der Waals surface area contributed by atoms with Crippen molar-refractivity contribution >= 4 is 23.6 Å². The zero-order valence-corrected chi connectivity index (χ0v) is 12.1. The maximum absolute atomic E-state index is 11.9. The fourth-order valence-corrected chi connectivity index (χ4v) is 3.53. The first-order valence-corrected chi connectivity index (χ1v) is 7.98. The molecular formula is C15H19NO3S. The number of hydrogen-bond donors (Lipinski definition) is 2. The number of carboxylic acid groups (broad SMARTS) is 1. The number of thioether (sulfide) groups is 1. The van der Waals surface area contributed by atoms with Crippen LogP contribution in [-0.2, 0) is 11.2 Å². The molecule has 2 N–H and O–H groups in total. The Morgan fingerprint density at radius 3 is 2.65 bits per heavy atom. The molecule has 0 saturated carbocycles. The van der Waals surface area contributed by atoms with E-state index < -0.39 is 5.97 Å².